The predicted molar refractivity (Wildman–Crippen MR) is 132 cm³/mol. The lowest BCUT2D eigenvalue weighted by molar-refractivity contribution is -0.298. The van der Waals surface area contributed by atoms with Crippen LogP contribution >= 0.6 is 0 Å². The highest BCUT2D eigenvalue weighted by Crippen LogP contribution is 2.34. The number of aliphatic hydroxyl groups excluding tert-OH is 2. The molecular weight excluding hydrogens is 504 g/mol. The Bertz CT molecular complexity index is 933. The summed E-state index contributed by atoms with van der Waals surface area (Å²) in [5.41, 5.74) is 36.1. The Kier molecular flexibility index (Phi) is 13.8. The Morgan fingerprint density at radius 1 is 0.789 bits per heavy atom. The molecular formula is C20H34N12O6. The molecule has 2 fully saturated rings. The monoisotopic (exact) mass is 538 g/mol. The molecule has 38 heavy (non-hydrogen) atoms. The smallest absolute Gasteiger partial charge is 0.169 e. The molecule has 7 unspecified atom stereocenters. The van der Waals surface area contributed by atoms with E-state index >= 15 is 0 Å². The third-order valence-corrected chi connectivity index (χ3v) is 6.37. The van der Waals surface area contributed by atoms with Gasteiger partial charge in [-0.05, 0) is 41.4 Å². The molecule has 1 aliphatic heterocycles. The lowest BCUT2D eigenvalue weighted by atomic mass is 9.84. The van der Waals surface area contributed by atoms with Gasteiger partial charge < -0.3 is 29.2 Å². The number of hydrogen-bond acceptors (Lipinski definition) is 10. The zero-order valence-electron chi connectivity index (χ0n) is 21.3. The number of rotatable bonds is 15. The number of azide groups is 4. The minimum absolute atomic E-state index is 0.114. The number of unbranched alkanes of at least 4 members (excludes halogenated alkanes) is 2. The maximum Gasteiger partial charge on any atom is 0.169 e. The van der Waals surface area contributed by atoms with Crippen molar-refractivity contribution in [2.24, 2.45) is 20.5 Å². The molecule has 1 heterocycles. The lowest BCUT2D eigenvalue weighted by Gasteiger charge is -2.47. The van der Waals surface area contributed by atoms with Crippen LogP contribution in [0.15, 0.2) is 20.5 Å². The van der Waals surface area contributed by atoms with Gasteiger partial charge in [-0.2, -0.15) is 0 Å². The Morgan fingerprint density at radius 3 is 1.97 bits per heavy atom. The van der Waals surface area contributed by atoms with Crippen LogP contribution in [0, 0.1) is 0 Å². The van der Waals surface area contributed by atoms with Gasteiger partial charge in [0.05, 0.1) is 43.0 Å². The van der Waals surface area contributed by atoms with E-state index in [1.54, 1.807) is 0 Å². The number of hydrogen-bond donors (Lipinski definition) is 2. The normalized spacial score (nSPS) is 34.6. The standard InChI is InChI=1S/C20H34N12O6/c1-3-5-7-35-18-13(10-25-29-21)37-20(14(28-32-24)19(18)36-8-6-4-2)38-17-12(27-31-23)9-11(26-30-22)15(33)16(17)34/h11-20,33-34H,3-10H2,1-2H3/t11?,12?,13?,14?,15?,16-,17?,18-,19?,20-/m1/s1. The van der Waals surface area contributed by atoms with Gasteiger partial charge in [-0.3, -0.25) is 0 Å². The van der Waals surface area contributed by atoms with Crippen LogP contribution in [-0.2, 0) is 18.9 Å². The van der Waals surface area contributed by atoms with Crippen LogP contribution in [0.2, 0.25) is 0 Å². The van der Waals surface area contributed by atoms with Crippen molar-refractivity contribution < 1.29 is 29.2 Å². The van der Waals surface area contributed by atoms with Gasteiger partial charge in [0.25, 0.3) is 0 Å². The second kappa shape index (κ2) is 16.8. The van der Waals surface area contributed by atoms with Gasteiger partial charge in [-0.25, -0.2) is 0 Å². The fraction of sp³-hybridized carbons (Fsp3) is 1.00. The molecule has 18 nitrogen and oxygen atoms in total. The van der Waals surface area contributed by atoms with Gasteiger partial charge in [0.1, 0.15) is 18.2 Å². The molecule has 10 atom stereocenters. The fourth-order valence-corrected chi connectivity index (χ4v) is 4.43. The summed E-state index contributed by atoms with van der Waals surface area (Å²) in [6.45, 7) is 4.49. The highest BCUT2D eigenvalue weighted by Gasteiger charge is 2.51. The summed E-state index contributed by atoms with van der Waals surface area (Å²) in [6, 6.07) is -3.24. The molecule has 0 aromatic carbocycles. The Morgan fingerprint density at radius 2 is 1.39 bits per heavy atom. The third-order valence-electron chi connectivity index (χ3n) is 6.37. The second-order valence-electron chi connectivity index (χ2n) is 8.89. The third kappa shape index (κ3) is 8.25. The van der Waals surface area contributed by atoms with E-state index in [1.807, 2.05) is 13.8 Å². The van der Waals surface area contributed by atoms with Crippen LogP contribution in [0.1, 0.15) is 46.0 Å². The molecule has 0 amide bonds. The van der Waals surface area contributed by atoms with Gasteiger partial charge in [0, 0.05) is 32.9 Å². The van der Waals surface area contributed by atoms with Crippen molar-refractivity contribution in [2.75, 3.05) is 19.8 Å². The molecule has 1 saturated heterocycles. The van der Waals surface area contributed by atoms with Crippen LogP contribution in [-0.4, -0.2) is 91.0 Å². The van der Waals surface area contributed by atoms with Gasteiger partial charge in [-0.15, -0.1) is 0 Å². The molecule has 18 heteroatoms. The predicted octanol–water partition coefficient (Wildman–Crippen LogP) is 3.94. The summed E-state index contributed by atoms with van der Waals surface area (Å²) < 4.78 is 24.2. The largest absolute Gasteiger partial charge is 0.390 e. The first kappa shape index (κ1) is 31.2. The Balaban J connectivity index is 2.45. The van der Waals surface area contributed by atoms with Crippen molar-refractivity contribution in [1.82, 2.24) is 0 Å². The molecule has 2 N–H and O–H groups in total. The number of ether oxygens (including phenoxy) is 4. The summed E-state index contributed by atoms with van der Waals surface area (Å²) in [4.78, 5) is 11.2. The maximum absolute atomic E-state index is 10.8. The number of aliphatic hydroxyl groups is 2. The average molecular weight is 539 g/mol. The molecule has 2 aliphatic rings. The van der Waals surface area contributed by atoms with Crippen LogP contribution in [0.25, 0.3) is 41.8 Å². The van der Waals surface area contributed by atoms with E-state index in [4.69, 9.17) is 35.5 Å². The van der Waals surface area contributed by atoms with Crippen molar-refractivity contribution >= 4 is 0 Å². The van der Waals surface area contributed by atoms with E-state index in [0.717, 1.165) is 19.3 Å². The highest BCUT2D eigenvalue weighted by atomic mass is 16.7. The number of nitrogens with zero attached hydrogens (tertiary/aromatic N) is 12. The first-order valence-electron chi connectivity index (χ1n) is 12.5. The van der Waals surface area contributed by atoms with E-state index < -0.39 is 61.0 Å². The highest BCUT2D eigenvalue weighted by molar-refractivity contribution is 5.03. The molecule has 1 aliphatic carbocycles. The second-order valence-corrected chi connectivity index (χ2v) is 8.89. The van der Waals surface area contributed by atoms with E-state index in [1.165, 1.54) is 0 Å². The van der Waals surface area contributed by atoms with E-state index in [9.17, 15) is 15.7 Å². The van der Waals surface area contributed by atoms with E-state index in [-0.39, 0.29) is 13.0 Å². The van der Waals surface area contributed by atoms with E-state index in [0.29, 0.717) is 19.6 Å². The van der Waals surface area contributed by atoms with E-state index in [2.05, 4.69) is 40.1 Å². The fourth-order valence-electron chi connectivity index (χ4n) is 4.43. The molecule has 0 aromatic heterocycles. The van der Waals surface area contributed by atoms with Gasteiger partial charge in [-0.1, -0.05) is 47.1 Å². The van der Waals surface area contributed by atoms with Crippen LogP contribution in [0.3, 0.4) is 0 Å². The van der Waals surface area contributed by atoms with Crippen LogP contribution < -0.4 is 0 Å². The molecule has 210 valence electrons. The first-order valence-corrected chi connectivity index (χ1v) is 12.5. The SMILES string of the molecule is CCCCOC1C(N=[N+]=[N-])[C@@H](OC2C(N=[N+]=[N-])CC(N=[N+]=[N-])C(O)[C@H]2O)OC(CN=[N+]=[N-])[C@H]1OCCCC. The minimum Gasteiger partial charge on any atom is -0.390 e. The molecule has 0 radical (unpaired) electrons. The quantitative estimate of drug-likeness (QED) is 0.135. The van der Waals surface area contributed by atoms with Crippen molar-refractivity contribution in [1.29, 1.82) is 0 Å². The van der Waals surface area contributed by atoms with Gasteiger partial charge >= 0.3 is 0 Å². The maximum atomic E-state index is 10.8. The van der Waals surface area contributed by atoms with Crippen molar-refractivity contribution in [2.45, 2.75) is 107 Å². The van der Waals surface area contributed by atoms with Crippen molar-refractivity contribution in [3.05, 3.63) is 41.8 Å². The Hall–Kier alpha value is -3.00. The van der Waals surface area contributed by atoms with Gasteiger partial charge in [0.2, 0.25) is 0 Å². The Labute approximate surface area is 218 Å². The molecule has 2 rings (SSSR count). The lowest BCUT2D eigenvalue weighted by Crippen LogP contribution is -2.63. The summed E-state index contributed by atoms with van der Waals surface area (Å²) >= 11 is 0. The first-order chi connectivity index (χ1) is 18.5. The van der Waals surface area contributed by atoms with Crippen molar-refractivity contribution in [3.63, 3.8) is 0 Å². The van der Waals surface area contributed by atoms with Crippen molar-refractivity contribution in [3.8, 4) is 0 Å². The zero-order chi connectivity index (χ0) is 27.9. The summed E-state index contributed by atoms with van der Waals surface area (Å²) in [5.74, 6) is 0. The summed E-state index contributed by atoms with van der Waals surface area (Å²) in [6.07, 6.45) is -5.32. The van der Waals surface area contributed by atoms with Gasteiger partial charge in [0.15, 0.2) is 6.29 Å². The topological polar surface area (TPSA) is 272 Å². The van der Waals surface area contributed by atoms with Crippen LogP contribution in [0.4, 0.5) is 0 Å². The van der Waals surface area contributed by atoms with Crippen LogP contribution in [0.5, 0.6) is 0 Å². The zero-order valence-corrected chi connectivity index (χ0v) is 21.3. The minimum atomic E-state index is -1.64. The molecule has 1 saturated carbocycles. The summed E-state index contributed by atoms with van der Waals surface area (Å²) in [5, 5.41) is 35.9. The molecule has 0 aromatic rings. The molecule has 0 spiro atoms. The average Bonchev–Trinajstić information content (AvgIpc) is 2.91. The molecule has 0 bridgehead atoms. The summed E-state index contributed by atoms with van der Waals surface area (Å²) in [7, 11) is 0.